The maximum absolute atomic E-state index is 5.72. The Bertz CT molecular complexity index is 403. The van der Waals surface area contributed by atoms with Crippen molar-refractivity contribution in [2.45, 2.75) is 18.9 Å². The van der Waals surface area contributed by atoms with Crippen LogP contribution in [0.2, 0.25) is 0 Å². The van der Waals surface area contributed by atoms with Gasteiger partial charge in [0.25, 0.3) is 0 Å². The summed E-state index contributed by atoms with van der Waals surface area (Å²) in [6.45, 7) is 4.65. The van der Waals surface area contributed by atoms with E-state index in [4.69, 9.17) is 9.47 Å². The molecule has 18 heavy (non-hydrogen) atoms. The molecule has 0 aliphatic carbocycles. The maximum Gasteiger partial charge on any atom is 0.161 e. The molecule has 2 N–H and O–H groups in total. The SMILES string of the molecule is c1cc2c(cc1CC1CNCCN1)OCCCO2. The van der Waals surface area contributed by atoms with Gasteiger partial charge in [-0.25, -0.2) is 0 Å². The molecule has 3 rings (SSSR count). The van der Waals surface area contributed by atoms with Crippen LogP contribution in [-0.4, -0.2) is 38.9 Å². The number of nitrogens with one attached hydrogen (secondary N) is 2. The maximum atomic E-state index is 5.72. The lowest BCUT2D eigenvalue weighted by molar-refractivity contribution is 0.297. The van der Waals surface area contributed by atoms with Gasteiger partial charge in [-0.15, -0.1) is 0 Å². The van der Waals surface area contributed by atoms with Gasteiger partial charge in [0.05, 0.1) is 13.2 Å². The minimum Gasteiger partial charge on any atom is -0.490 e. The van der Waals surface area contributed by atoms with E-state index in [0.29, 0.717) is 6.04 Å². The van der Waals surface area contributed by atoms with E-state index >= 15 is 0 Å². The number of benzene rings is 1. The highest BCUT2D eigenvalue weighted by atomic mass is 16.5. The van der Waals surface area contributed by atoms with E-state index in [-0.39, 0.29) is 0 Å². The Morgan fingerprint density at radius 1 is 1.11 bits per heavy atom. The first-order chi connectivity index (χ1) is 8.92. The van der Waals surface area contributed by atoms with Crippen LogP contribution in [0.5, 0.6) is 11.5 Å². The Morgan fingerprint density at radius 2 is 2.00 bits per heavy atom. The number of piperazine rings is 1. The fourth-order valence-electron chi connectivity index (χ4n) is 2.48. The number of hydrogen-bond acceptors (Lipinski definition) is 4. The van der Waals surface area contributed by atoms with Gasteiger partial charge in [0.2, 0.25) is 0 Å². The lowest BCUT2D eigenvalue weighted by Gasteiger charge is -2.24. The molecule has 4 heteroatoms. The molecule has 0 saturated carbocycles. The molecule has 2 aliphatic heterocycles. The quantitative estimate of drug-likeness (QED) is 0.818. The Labute approximate surface area is 108 Å². The van der Waals surface area contributed by atoms with Crippen LogP contribution in [0.3, 0.4) is 0 Å². The second kappa shape index (κ2) is 5.59. The fourth-order valence-corrected chi connectivity index (χ4v) is 2.48. The van der Waals surface area contributed by atoms with Crippen LogP contribution in [0.4, 0.5) is 0 Å². The zero-order chi connectivity index (χ0) is 12.2. The third-order valence-corrected chi connectivity index (χ3v) is 3.42. The van der Waals surface area contributed by atoms with Gasteiger partial charge in [-0.1, -0.05) is 6.07 Å². The number of fused-ring (bicyclic) bond motifs is 1. The number of ether oxygens (including phenoxy) is 2. The molecule has 1 fully saturated rings. The third-order valence-electron chi connectivity index (χ3n) is 3.42. The van der Waals surface area contributed by atoms with Gasteiger partial charge in [0.1, 0.15) is 0 Å². The van der Waals surface area contributed by atoms with E-state index in [1.165, 1.54) is 5.56 Å². The standard InChI is InChI=1S/C14H20N2O2/c1-6-17-13-3-2-11(9-14(13)18-7-1)8-12-10-15-4-5-16-12/h2-3,9,12,15-16H,1,4-8,10H2. The molecule has 98 valence electrons. The summed E-state index contributed by atoms with van der Waals surface area (Å²) in [5.41, 5.74) is 1.31. The van der Waals surface area contributed by atoms with Crippen LogP contribution < -0.4 is 20.1 Å². The van der Waals surface area contributed by atoms with Crippen molar-refractivity contribution in [1.29, 1.82) is 0 Å². The molecule has 4 nitrogen and oxygen atoms in total. The molecule has 0 amide bonds. The average molecular weight is 248 g/mol. The Balaban J connectivity index is 1.70. The zero-order valence-electron chi connectivity index (χ0n) is 10.6. The third kappa shape index (κ3) is 2.76. The number of rotatable bonds is 2. The van der Waals surface area contributed by atoms with Crippen molar-refractivity contribution in [3.8, 4) is 11.5 Å². The summed E-state index contributed by atoms with van der Waals surface area (Å²) < 4.78 is 11.4. The van der Waals surface area contributed by atoms with Crippen LogP contribution in [0.25, 0.3) is 0 Å². The first-order valence-corrected chi connectivity index (χ1v) is 6.74. The fraction of sp³-hybridized carbons (Fsp3) is 0.571. The van der Waals surface area contributed by atoms with Gasteiger partial charge in [0.15, 0.2) is 11.5 Å². The minimum atomic E-state index is 0.517. The smallest absolute Gasteiger partial charge is 0.161 e. The zero-order valence-corrected chi connectivity index (χ0v) is 10.6. The van der Waals surface area contributed by atoms with Crippen molar-refractivity contribution in [1.82, 2.24) is 10.6 Å². The topological polar surface area (TPSA) is 42.5 Å². The monoisotopic (exact) mass is 248 g/mol. The Kier molecular flexibility index (Phi) is 3.67. The summed E-state index contributed by atoms with van der Waals surface area (Å²) in [6, 6.07) is 6.82. The van der Waals surface area contributed by atoms with E-state index in [0.717, 1.165) is 57.2 Å². The van der Waals surface area contributed by atoms with Crippen LogP contribution in [0.15, 0.2) is 18.2 Å². The molecule has 1 atom stereocenters. The lowest BCUT2D eigenvalue weighted by Crippen LogP contribution is -2.49. The number of hydrogen-bond donors (Lipinski definition) is 2. The summed E-state index contributed by atoms with van der Waals surface area (Å²) in [6.07, 6.45) is 1.99. The molecule has 2 aliphatic rings. The predicted molar refractivity (Wildman–Crippen MR) is 70.4 cm³/mol. The van der Waals surface area contributed by atoms with Crippen LogP contribution in [-0.2, 0) is 6.42 Å². The average Bonchev–Trinajstić information content (AvgIpc) is 2.64. The molecule has 0 aromatic heterocycles. The van der Waals surface area contributed by atoms with Gasteiger partial charge < -0.3 is 20.1 Å². The normalized spacial score (nSPS) is 23.4. The highest BCUT2D eigenvalue weighted by Crippen LogP contribution is 2.30. The van der Waals surface area contributed by atoms with Gasteiger partial charge in [-0.05, 0) is 24.1 Å². The molecular formula is C14H20N2O2. The van der Waals surface area contributed by atoms with Crippen molar-refractivity contribution in [2.24, 2.45) is 0 Å². The Hall–Kier alpha value is -1.26. The second-order valence-electron chi connectivity index (χ2n) is 4.89. The molecule has 0 spiro atoms. The van der Waals surface area contributed by atoms with Crippen molar-refractivity contribution in [3.63, 3.8) is 0 Å². The molecular weight excluding hydrogens is 228 g/mol. The minimum absolute atomic E-state index is 0.517. The van der Waals surface area contributed by atoms with Crippen molar-refractivity contribution < 1.29 is 9.47 Å². The summed E-state index contributed by atoms with van der Waals surface area (Å²) >= 11 is 0. The van der Waals surface area contributed by atoms with E-state index in [9.17, 15) is 0 Å². The van der Waals surface area contributed by atoms with Crippen LogP contribution in [0.1, 0.15) is 12.0 Å². The van der Waals surface area contributed by atoms with Gasteiger partial charge in [-0.3, -0.25) is 0 Å². The molecule has 0 bridgehead atoms. The Morgan fingerprint density at radius 3 is 2.83 bits per heavy atom. The predicted octanol–water partition coefficient (Wildman–Crippen LogP) is 0.952. The van der Waals surface area contributed by atoms with E-state index in [2.05, 4.69) is 22.8 Å². The molecule has 1 saturated heterocycles. The molecule has 1 aromatic carbocycles. The molecule has 2 heterocycles. The van der Waals surface area contributed by atoms with Crippen molar-refractivity contribution in [2.75, 3.05) is 32.8 Å². The summed E-state index contributed by atoms with van der Waals surface area (Å²) in [4.78, 5) is 0. The molecule has 0 radical (unpaired) electrons. The lowest BCUT2D eigenvalue weighted by atomic mass is 10.0. The second-order valence-corrected chi connectivity index (χ2v) is 4.89. The molecule has 1 aromatic rings. The summed E-state index contributed by atoms with van der Waals surface area (Å²) in [5, 5.41) is 6.93. The van der Waals surface area contributed by atoms with Gasteiger partial charge in [0, 0.05) is 32.1 Å². The van der Waals surface area contributed by atoms with Crippen molar-refractivity contribution >= 4 is 0 Å². The highest BCUT2D eigenvalue weighted by Gasteiger charge is 2.15. The van der Waals surface area contributed by atoms with E-state index in [1.807, 2.05) is 6.07 Å². The van der Waals surface area contributed by atoms with E-state index < -0.39 is 0 Å². The van der Waals surface area contributed by atoms with Crippen molar-refractivity contribution in [3.05, 3.63) is 23.8 Å². The van der Waals surface area contributed by atoms with Crippen LogP contribution >= 0.6 is 0 Å². The first-order valence-electron chi connectivity index (χ1n) is 6.74. The van der Waals surface area contributed by atoms with Gasteiger partial charge in [-0.2, -0.15) is 0 Å². The van der Waals surface area contributed by atoms with Gasteiger partial charge >= 0.3 is 0 Å². The highest BCUT2D eigenvalue weighted by molar-refractivity contribution is 5.43. The largest absolute Gasteiger partial charge is 0.490 e. The molecule has 1 unspecified atom stereocenters. The van der Waals surface area contributed by atoms with E-state index in [1.54, 1.807) is 0 Å². The van der Waals surface area contributed by atoms with Crippen LogP contribution in [0, 0.1) is 0 Å². The first kappa shape index (κ1) is 11.8. The summed E-state index contributed by atoms with van der Waals surface area (Å²) in [7, 11) is 0. The summed E-state index contributed by atoms with van der Waals surface area (Å²) in [5.74, 6) is 1.78.